The number of hydrogen-bond acceptors (Lipinski definition) is 2. The Morgan fingerprint density at radius 1 is 1.45 bits per heavy atom. The van der Waals surface area contributed by atoms with Gasteiger partial charge in [-0.15, -0.1) is 0 Å². The highest BCUT2D eigenvalue weighted by molar-refractivity contribution is 5.99. The van der Waals surface area contributed by atoms with E-state index in [2.05, 4.69) is 23.8 Å². The summed E-state index contributed by atoms with van der Waals surface area (Å²) in [5, 5.41) is 3.99. The summed E-state index contributed by atoms with van der Waals surface area (Å²) in [6, 6.07) is 5.72. The highest BCUT2D eigenvalue weighted by Gasteiger charge is 2.09. The first-order chi connectivity index (χ1) is 9.63. The average molecular weight is 272 g/mol. The molecule has 0 aliphatic rings. The number of ether oxygens (including phenoxy) is 1. The minimum absolute atomic E-state index is 0.0521. The summed E-state index contributed by atoms with van der Waals surface area (Å²) in [4.78, 5) is 15.4. The molecule has 2 N–H and O–H groups in total. The van der Waals surface area contributed by atoms with Crippen LogP contribution in [-0.2, 0) is 4.74 Å². The van der Waals surface area contributed by atoms with E-state index in [0.717, 1.165) is 23.0 Å². The second-order valence-electron chi connectivity index (χ2n) is 4.78. The summed E-state index contributed by atoms with van der Waals surface area (Å²) in [5.41, 5.74) is 4.08. The van der Waals surface area contributed by atoms with Crippen LogP contribution in [0.15, 0.2) is 31.0 Å². The Kier molecular flexibility index (Phi) is 4.45. The number of amides is 1. The highest BCUT2D eigenvalue weighted by Crippen LogP contribution is 2.22. The maximum atomic E-state index is 12.1. The molecule has 0 saturated carbocycles. The van der Waals surface area contributed by atoms with Gasteiger partial charge in [-0.1, -0.05) is 6.58 Å². The zero-order valence-electron chi connectivity index (χ0n) is 12.0. The molecule has 2 rings (SSSR count). The molecule has 1 heterocycles. The van der Waals surface area contributed by atoms with E-state index in [1.165, 1.54) is 11.8 Å². The molecule has 0 atom stereocenters. The second-order valence-corrected chi connectivity index (χ2v) is 4.78. The van der Waals surface area contributed by atoms with Gasteiger partial charge in [0.15, 0.2) is 0 Å². The van der Waals surface area contributed by atoms with Crippen molar-refractivity contribution in [2.45, 2.75) is 20.3 Å². The maximum Gasteiger partial charge on any atom is 0.251 e. The number of nitrogens with one attached hydrogen (secondary N) is 2. The lowest BCUT2D eigenvalue weighted by atomic mass is 10.1. The molecular formula is C16H20N2O2. The smallest absolute Gasteiger partial charge is 0.251 e. The van der Waals surface area contributed by atoms with Gasteiger partial charge >= 0.3 is 0 Å². The fraction of sp³-hybridized carbons (Fsp3) is 0.312. The quantitative estimate of drug-likeness (QED) is 0.627. The van der Waals surface area contributed by atoms with Gasteiger partial charge in [-0.05, 0) is 44.0 Å². The molecule has 2 aromatic rings. The molecule has 20 heavy (non-hydrogen) atoms. The third-order valence-electron chi connectivity index (χ3n) is 3.41. The van der Waals surface area contributed by atoms with Crippen molar-refractivity contribution >= 4 is 16.8 Å². The summed E-state index contributed by atoms with van der Waals surface area (Å²) in [7, 11) is 0. The summed E-state index contributed by atoms with van der Waals surface area (Å²) in [5.74, 6) is -0.0521. The SMILES string of the molecule is C=COCCCNC(=O)c1ccc2[nH]c(C)c(C)c2c1. The largest absolute Gasteiger partial charge is 0.502 e. The molecule has 0 saturated heterocycles. The molecule has 1 aromatic carbocycles. The van der Waals surface area contributed by atoms with Gasteiger partial charge in [0, 0.05) is 28.7 Å². The fourth-order valence-electron chi connectivity index (χ4n) is 2.15. The molecule has 0 bridgehead atoms. The molecule has 0 aliphatic heterocycles. The van der Waals surface area contributed by atoms with E-state index < -0.39 is 0 Å². The van der Waals surface area contributed by atoms with Crippen LogP contribution in [0.4, 0.5) is 0 Å². The topological polar surface area (TPSA) is 54.1 Å². The fourth-order valence-corrected chi connectivity index (χ4v) is 2.15. The van der Waals surface area contributed by atoms with E-state index in [1.807, 2.05) is 25.1 Å². The summed E-state index contributed by atoms with van der Waals surface area (Å²) in [6.07, 6.45) is 2.18. The number of rotatable bonds is 6. The van der Waals surface area contributed by atoms with E-state index in [-0.39, 0.29) is 5.91 Å². The molecule has 106 valence electrons. The van der Waals surface area contributed by atoms with Crippen LogP contribution in [0, 0.1) is 13.8 Å². The van der Waals surface area contributed by atoms with Crippen molar-refractivity contribution in [2.75, 3.05) is 13.2 Å². The number of benzene rings is 1. The number of H-pyrrole nitrogens is 1. The lowest BCUT2D eigenvalue weighted by Crippen LogP contribution is -2.25. The van der Waals surface area contributed by atoms with E-state index in [4.69, 9.17) is 4.74 Å². The number of aromatic amines is 1. The Balaban J connectivity index is 2.03. The zero-order chi connectivity index (χ0) is 14.5. The minimum Gasteiger partial charge on any atom is -0.502 e. The molecule has 4 nitrogen and oxygen atoms in total. The van der Waals surface area contributed by atoms with Crippen molar-refractivity contribution in [3.05, 3.63) is 47.9 Å². The highest BCUT2D eigenvalue weighted by atomic mass is 16.5. The van der Waals surface area contributed by atoms with Crippen molar-refractivity contribution in [1.29, 1.82) is 0 Å². The predicted molar refractivity (Wildman–Crippen MR) is 80.9 cm³/mol. The van der Waals surface area contributed by atoms with Crippen LogP contribution in [0.5, 0.6) is 0 Å². The van der Waals surface area contributed by atoms with E-state index in [9.17, 15) is 4.79 Å². The number of aromatic nitrogens is 1. The molecule has 0 fully saturated rings. The molecule has 0 aliphatic carbocycles. The molecule has 1 aromatic heterocycles. The van der Waals surface area contributed by atoms with Gasteiger partial charge in [-0.25, -0.2) is 0 Å². The first kappa shape index (κ1) is 14.2. The Hall–Kier alpha value is -2.23. The van der Waals surface area contributed by atoms with Crippen molar-refractivity contribution < 1.29 is 9.53 Å². The third kappa shape index (κ3) is 3.02. The number of hydrogen-bond donors (Lipinski definition) is 2. The molecule has 0 unspecified atom stereocenters. The van der Waals surface area contributed by atoms with Gasteiger partial charge in [0.05, 0.1) is 12.9 Å². The van der Waals surface area contributed by atoms with Crippen molar-refractivity contribution in [3.63, 3.8) is 0 Å². The van der Waals surface area contributed by atoms with Gasteiger partial charge in [-0.2, -0.15) is 0 Å². The van der Waals surface area contributed by atoms with E-state index in [1.54, 1.807) is 0 Å². The normalized spacial score (nSPS) is 10.5. The number of fused-ring (bicyclic) bond motifs is 1. The molecule has 1 amide bonds. The first-order valence-electron chi connectivity index (χ1n) is 6.73. The van der Waals surface area contributed by atoms with Crippen LogP contribution in [0.3, 0.4) is 0 Å². The third-order valence-corrected chi connectivity index (χ3v) is 3.41. The standard InChI is InChI=1S/C16H20N2O2/c1-4-20-9-5-8-17-16(19)13-6-7-15-14(10-13)11(2)12(3)18-15/h4,6-7,10,18H,1,5,8-9H2,2-3H3,(H,17,19). The van der Waals surface area contributed by atoms with Crippen LogP contribution in [0.2, 0.25) is 0 Å². The second kappa shape index (κ2) is 6.28. The van der Waals surface area contributed by atoms with Crippen LogP contribution in [-0.4, -0.2) is 24.0 Å². The Morgan fingerprint density at radius 2 is 2.25 bits per heavy atom. The van der Waals surface area contributed by atoms with Gasteiger partial charge in [0.2, 0.25) is 0 Å². The van der Waals surface area contributed by atoms with E-state index in [0.29, 0.717) is 18.7 Å². The Bertz CT molecular complexity index is 629. The van der Waals surface area contributed by atoms with Gasteiger partial charge < -0.3 is 15.0 Å². The maximum absolute atomic E-state index is 12.1. The summed E-state index contributed by atoms with van der Waals surface area (Å²) in [6.45, 7) is 8.72. The number of carbonyl (C=O) groups excluding carboxylic acids is 1. The van der Waals surface area contributed by atoms with Crippen LogP contribution < -0.4 is 5.32 Å². The lowest BCUT2D eigenvalue weighted by molar-refractivity contribution is 0.0950. The minimum atomic E-state index is -0.0521. The van der Waals surface area contributed by atoms with Gasteiger partial charge in [0.25, 0.3) is 5.91 Å². The molecule has 0 radical (unpaired) electrons. The van der Waals surface area contributed by atoms with Crippen LogP contribution in [0.1, 0.15) is 28.0 Å². The summed E-state index contributed by atoms with van der Waals surface area (Å²) < 4.78 is 5.01. The predicted octanol–water partition coefficient (Wildman–Crippen LogP) is 3.06. The Morgan fingerprint density at radius 3 is 3.00 bits per heavy atom. The summed E-state index contributed by atoms with van der Waals surface area (Å²) >= 11 is 0. The van der Waals surface area contributed by atoms with Crippen LogP contribution >= 0.6 is 0 Å². The van der Waals surface area contributed by atoms with E-state index >= 15 is 0 Å². The monoisotopic (exact) mass is 272 g/mol. The Labute approximate surface area is 118 Å². The molecule has 0 spiro atoms. The van der Waals surface area contributed by atoms with Gasteiger partial charge in [-0.3, -0.25) is 4.79 Å². The van der Waals surface area contributed by atoms with Crippen molar-refractivity contribution in [2.24, 2.45) is 0 Å². The van der Waals surface area contributed by atoms with Crippen molar-refractivity contribution in [1.82, 2.24) is 10.3 Å². The van der Waals surface area contributed by atoms with Crippen LogP contribution in [0.25, 0.3) is 10.9 Å². The average Bonchev–Trinajstić information content (AvgIpc) is 2.73. The zero-order valence-corrected chi connectivity index (χ0v) is 12.0. The lowest BCUT2D eigenvalue weighted by Gasteiger charge is -2.05. The molecular weight excluding hydrogens is 252 g/mol. The molecule has 4 heteroatoms. The number of aryl methyl sites for hydroxylation is 2. The number of carbonyl (C=O) groups is 1. The van der Waals surface area contributed by atoms with Crippen molar-refractivity contribution in [3.8, 4) is 0 Å². The first-order valence-corrected chi connectivity index (χ1v) is 6.73. The van der Waals surface area contributed by atoms with Gasteiger partial charge in [0.1, 0.15) is 0 Å².